The van der Waals surface area contributed by atoms with E-state index in [0.29, 0.717) is 12.4 Å². The van der Waals surface area contributed by atoms with Crippen molar-refractivity contribution < 1.29 is 14.6 Å². The number of rotatable bonds is 4. The lowest BCUT2D eigenvalue weighted by molar-refractivity contribution is 0.0692. The molecule has 0 amide bonds. The van der Waals surface area contributed by atoms with Crippen molar-refractivity contribution in [3.63, 3.8) is 0 Å². The second-order valence-corrected chi connectivity index (χ2v) is 6.43. The fraction of sp³-hybridized carbons (Fsp3) is 0.0625. The smallest absolute Gasteiger partial charge is 0.339 e. The van der Waals surface area contributed by atoms with Crippen LogP contribution in [0.4, 0.5) is 0 Å². The maximum atomic E-state index is 11.4. The number of hydrogen-bond donors (Lipinski definition) is 1. The van der Waals surface area contributed by atoms with Crippen LogP contribution in [-0.4, -0.2) is 11.1 Å². The van der Waals surface area contributed by atoms with Crippen LogP contribution in [0.5, 0.6) is 5.75 Å². The minimum atomic E-state index is -0.983. The Balaban J connectivity index is 1.95. The highest BCUT2D eigenvalue weighted by Crippen LogP contribution is 2.28. The molecule has 0 saturated heterocycles. The second-order valence-electron chi connectivity index (χ2n) is 4.52. The van der Waals surface area contributed by atoms with Crippen molar-refractivity contribution in [2.24, 2.45) is 0 Å². The first-order valence-corrected chi connectivity index (χ1v) is 7.92. The van der Waals surface area contributed by atoms with Crippen LogP contribution in [-0.2, 0) is 6.61 Å². The molecule has 0 aliphatic rings. The monoisotopic (exact) mass is 362 g/mol. The Morgan fingerprint density at radius 2 is 1.90 bits per heavy atom. The topological polar surface area (TPSA) is 46.5 Å². The van der Waals surface area contributed by atoms with Crippen LogP contribution < -0.4 is 4.74 Å². The van der Waals surface area contributed by atoms with E-state index in [1.54, 1.807) is 23.5 Å². The van der Waals surface area contributed by atoms with Crippen LogP contribution in [0.1, 0.15) is 15.2 Å². The number of carboxylic acid groups (broad SMARTS) is 1. The van der Waals surface area contributed by atoms with E-state index < -0.39 is 5.97 Å². The van der Waals surface area contributed by atoms with Crippen LogP contribution >= 0.6 is 27.3 Å². The Morgan fingerprint density at radius 3 is 2.52 bits per heavy atom. The maximum absolute atomic E-state index is 11.4. The summed E-state index contributed by atoms with van der Waals surface area (Å²) >= 11 is 4.96. The lowest BCUT2D eigenvalue weighted by Gasteiger charge is -2.10. The first-order chi connectivity index (χ1) is 10.1. The quantitative estimate of drug-likeness (QED) is 0.714. The summed E-state index contributed by atoms with van der Waals surface area (Å²) in [6.45, 7) is 0.356. The third-order valence-corrected chi connectivity index (χ3v) is 4.74. The molecule has 3 nitrogen and oxygen atoms in total. The van der Waals surface area contributed by atoms with Crippen molar-refractivity contribution in [3.05, 3.63) is 62.8 Å². The lowest BCUT2D eigenvalue weighted by Crippen LogP contribution is -2.03. The first kappa shape index (κ1) is 14.1. The Bertz CT molecular complexity index is 810. The summed E-state index contributed by atoms with van der Waals surface area (Å²) in [6, 6.07) is 13.0. The average molecular weight is 363 g/mol. The summed E-state index contributed by atoms with van der Waals surface area (Å²) in [7, 11) is 0. The minimum absolute atomic E-state index is 0.185. The van der Waals surface area contributed by atoms with Crippen molar-refractivity contribution in [1.29, 1.82) is 0 Å². The Kier molecular flexibility index (Phi) is 3.94. The fourth-order valence-electron chi connectivity index (χ4n) is 2.08. The average Bonchev–Trinajstić information content (AvgIpc) is 2.89. The van der Waals surface area contributed by atoms with Crippen molar-refractivity contribution in [2.75, 3.05) is 0 Å². The SMILES string of the molecule is O=C(O)c1cc2ccccc2cc1OCc1cc(Br)cs1. The van der Waals surface area contributed by atoms with E-state index >= 15 is 0 Å². The number of carbonyl (C=O) groups is 1. The molecule has 0 saturated carbocycles. The molecule has 21 heavy (non-hydrogen) atoms. The molecule has 0 aliphatic carbocycles. The molecule has 0 atom stereocenters. The van der Waals surface area contributed by atoms with E-state index in [2.05, 4.69) is 15.9 Å². The van der Waals surface area contributed by atoms with Crippen LogP contribution in [0.25, 0.3) is 10.8 Å². The lowest BCUT2D eigenvalue weighted by atomic mass is 10.1. The third kappa shape index (κ3) is 3.09. The zero-order valence-electron chi connectivity index (χ0n) is 10.9. The van der Waals surface area contributed by atoms with E-state index in [1.807, 2.05) is 35.7 Å². The van der Waals surface area contributed by atoms with Crippen molar-refractivity contribution in [3.8, 4) is 5.75 Å². The predicted octanol–water partition coefficient (Wildman–Crippen LogP) is 4.94. The van der Waals surface area contributed by atoms with E-state index in [4.69, 9.17) is 4.74 Å². The maximum Gasteiger partial charge on any atom is 0.339 e. The zero-order valence-corrected chi connectivity index (χ0v) is 13.3. The molecule has 0 aliphatic heterocycles. The molecule has 0 radical (unpaired) electrons. The molecule has 3 aromatic rings. The Morgan fingerprint density at radius 1 is 1.19 bits per heavy atom. The van der Waals surface area contributed by atoms with Crippen LogP contribution in [0, 0.1) is 0 Å². The van der Waals surface area contributed by atoms with Gasteiger partial charge < -0.3 is 9.84 Å². The molecule has 1 aromatic heterocycles. The number of fused-ring (bicyclic) bond motifs is 1. The first-order valence-electron chi connectivity index (χ1n) is 6.25. The van der Waals surface area contributed by atoms with E-state index in [0.717, 1.165) is 20.1 Å². The summed E-state index contributed by atoms with van der Waals surface area (Å²) < 4.78 is 6.72. The molecular weight excluding hydrogens is 352 g/mol. The zero-order chi connectivity index (χ0) is 14.8. The summed E-state index contributed by atoms with van der Waals surface area (Å²) in [6.07, 6.45) is 0. The Labute approximate surface area is 133 Å². The standard InChI is InChI=1S/C16H11BrO3S/c17-12-7-13(21-9-12)8-20-15-6-11-4-2-1-3-10(11)5-14(15)16(18)19/h1-7,9H,8H2,(H,18,19). The van der Waals surface area contributed by atoms with Gasteiger partial charge in [0.1, 0.15) is 17.9 Å². The minimum Gasteiger partial charge on any atom is -0.487 e. The highest BCUT2D eigenvalue weighted by Gasteiger charge is 2.13. The van der Waals surface area contributed by atoms with Gasteiger partial charge in [0.2, 0.25) is 0 Å². The molecule has 0 spiro atoms. The molecule has 0 fully saturated rings. The van der Waals surface area contributed by atoms with Crippen LogP contribution in [0.15, 0.2) is 52.3 Å². The van der Waals surface area contributed by atoms with Gasteiger partial charge in [-0.1, -0.05) is 24.3 Å². The normalized spacial score (nSPS) is 10.7. The van der Waals surface area contributed by atoms with Gasteiger partial charge >= 0.3 is 5.97 Å². The largest absolute Gasteiger partial charge is 0.487 e. The number of halogens is 1. The van der Waals surface area contributed by atoms with Gasteiger partial charge in [-0.15, -0.1) is 11.3 Å². The summed E-state index contributed by atoms with van der Waals surface area (Å²) in [5.41, 5.74) is 0.185. The summed E-state index contributed by atoms with van der Waals surface area (Å²) in [4.78, 5) is 12.4. The summed E-state index contributed by atoms with van der Waals surface area (Å²) in [5.74, 6) is -0.589. The van der Waals surface area contributed by atoms with E-state index in [9.17, 15) is 9.90 Å². The van der Waals surface area contributed by atoms with Crippen LogP contribution in [0.2, 0.25) is 0 Å². The van der Waals surface area contributed by atoms with Gasteiger partial charge in [-0.3, -0.25) is 0 Å². The molecule has 1 heterocycles. The van der Waals surface area contributed by atoms with Gasteiger partial charge in [-0.25, -0.2) is 4.79 Å². The fourth-order valence-corrected chi connectivity index (χ4v) is 3.45. The van der Waals surface area contributed by atoms with Gasteiger partial charge in [0, 0.05) is 14.7 Å². The van der Waals surface area contributed by atoms with Gasteiger partial charge in [0.05, 0.1) is 0 Å². The molecule has 3 rings (SSSR count). The number of benzene rings is 2. The Hall–Kier alpha value is -1.85. The number of aromatic carboxylic acids is 1. The molecule has 0 unspecified atom stereocenters. The second kappa shape index (κ2) is 5.87. The molecule has 5 heteroatoms. The molecule has 106 valence electrons. The highest BCUT2D eigenvalue weighted by atomic mass is 79.9. The third-order valence-electron chi connectivity index (χ3n) is 3.07. The number of carboxylic acids is 1. The predicted molar refractivity (Wildman–Crippen MR) is 87.3 cm³/mol. The number of hydrogen-bond acceptors (Lipinski definition) is 3. The van der Waals surface area contributed by atoms with Crippen molar-refractivity contribution >= 4 is 44.0 Å². The van der Waals surface area contributed by atoms with Gasteiger partial charge in [-0.05, 0) is 44.9 Å². The van der Waals surface area contributed by atoms with Crippen molar-refractivity contribution in [1.82, 2.24) is 0 Å². The van der Waals surface area contributed by atoms with E-state index in [1.165, 1.54) is 0 Å². The van der Waals surface area contributed by atoms with E-state index in [-0.39, 0.29) is 5.56 Å². The molecule has 2 aromatic carbocycles. The highest BCUT2D eigenvalue weighted by molar-refractivity contribution is 9.10. The van der Waals surface area contributed by atoms with Gasteiger partial charge in [0.25, 0.3) is 0 Å². The van der Waals surface area contributed by atoms with Crippen molar-refractivity contribution in [2.45, 2.75) is 6.61 Å². The number of thiophene rings is 1. The van der Waals surface area contributed by atoms with Crippen LogP contribution in [0.3, 0.4) is 0 Å². The van der Waals surface area contributed by atoms with Gasteiger partial charge in [0.15, 0.2) is 0 Å². The molecule has 0 bridgehead atoms. The van der Waals surface area contributed by atoms with Gasteiger partial charge in [-0.2, -0.15) is 0 Å². The molecular formula is C16H11BrO3S. The molecule has 1 N–H and O–H groups in total. The number of ether oxygens (including phenoxy) is 1. The summed E-state index contributed by atoms with van der Waals surface area (Å²) in [5, 5.41) is 13.2.